The van der Waals surface area contributed by atoms with Gasteiger partial charge in [0.15, 0.2) is 5.82 Å². The molecule has 123 valence electrons. The summed E-state index contributed by atoms with van der Waals surface area (Å²) < 4.78 is 19.4. The van der Waals surface area contributed by atoms with Crippen molar-refractivity contribution in [2.45, 2.75) is 5.41 Å². The lowest BCUT2D eigenvalue weighted by atomic mass is 9.70. The fourth-order valence-corrected chi connectivity index (χ4v) is 3.39. The lowest BCUT2D eigenvalue weighted by Crippen LogP contribution is -2.65. The van der Waals surface area contributed by atoms with Crippen molar-refractivity contribution in [3.05, 3.63) is 33.4 Å². The van der Waals surface area contributed by atoms with Gasteiger partial charge in [-0.25, -0.2) is 14.4 Å². The number of fused-ring (bicyclic) bond motifs is 1. The summed E-state index contributed by atoms with van der Waals surface area (Å²) in [5.74, 6) is -1.14. The number of halogens is 3. The topological polar surface area (TPSA) is 72.4 Å². The van der Waals surface area contributed by atoms with Crippen LogP contribution in [0.3, 0.4) is 0 Å². The van der Waals surface area contributed by atoms with E-state index in [1.807, 2.05) is 0 Å². The molecule has 0 N–H and O–H groups in total. The third kappa shape index (κ3) is 2.51. The molecular formula is C14H10BBrClFN3O3. The molecule has 1 aromatic carbocycles. The van der Waals surface area contributed by atoms with Crippen LogP contribution in [-0.2, 0) is 19.7 Å². The normalized spacial score (nSPS) is 16.5. The minimum Gasteiger partial charge on any atom is -0.468 e. The third-order valence-electron chi connectivity index (χ3n) is 4.01. The highest BCUT2D eigenvalue weighted by Gasteiger charge is 2.53. The van der Waals surface area contributed by atoms with Gasteiger partial charge < -0.3 is 14.3 Å². The van der Waals surface area contributed by atoms with Gasteiger partial charge in [-0.3, -0.25) is 4.79 Å². The van der Waals surface area contributed by atoms with Crippen LogP contribution in [0.25, 0.3) is 10.9 Å². The van der Waals surface area contributed by atoms with Crippen LogP contribution in [0, 0.1) is 5.82 Å². The van der Waals surface area contributed by atoms with Crippen LogP contribution in [0.5, 0.6) is 0 Å². The number of carbonyl (C=O) groups excluding carboxylic acids is 2. The van der Waals surface area contributed by atoms with Crippen LogP contribution in [-0.4, -0.2) is 54.5 Å². The molecule has 3 rings (SSSR count). The van der Waals surface area contributed by atoms with E-state index in [1.54, 1.807) is 4.81 Å². The molecule has 0 bridgehead atoms. The highest BCUT2D eigenvalue weighted by Crippen LogP contribution is 2.40. The zero-order chi connectivity index (χ0) is 17.5. The van der Waals surface area contributed by atoms with Gasteiger partial charge in [-0.15, -0.1) is 0 Å². The average molecular weight is 413 g/mol. The van der Waals surface area contributed by atoms with Crippen molar-refractivity contribution in [3.8, 4) is 0 Å². The first-order valence-corrected chi connectivity index (χ1v) is 8.01. The molecule has 1 aliphatic rings. The van der Waals surface area contributed by atoms with Crippen LogP contribution < -0.4 is 0 Å². The number of esters is 1. The molecule has 1 aromatic heterocycles. The highest BCUT2D eigenvalue weighted by molar-refractivity contribution is 9.10. The SMILES string of the molecule is COC(=O)C1(c2ncnc3c(F)c(Br)c(Cl)cc23)CN([B]C=O)C1. The molecule has 0 saturated carbocycles. The van der Waals surface area contributed by atoms with E-state index >= 15 is 0 Å². The monoisotopic (exact) mass is 412 g/mol. The zero-order valence-corrected chi connectivity index (χ0v) is 14.8. The van der Waals surface area contributed by atoms with E-state index < -0.39 is 17.2 Å². The maximum absolute atomic E-state index is 14.4. The van der Waals surface area contributed by atoms with Crippen molar-refractivity contribution >= 4 is 58.0 Å². The Balaban J connectivity index is 2.20. The van der Waals surface area contributed by atoms with Gasteiger partial charge in [0.05, 0.1) is 28.5 Å². The van der Waals surface area contributed by atoms with Gasteiger partial charge in [-0.1, -0.05) is 11.6 Å². The molecule has 2 heterocycles. The maximum atomic E-state index is 14.4. The molecule has 10 heteroatoms. The Morgan fingerprint density at radius 1 is 1.54 bits per heavy atom. The molecule has 1 radical (unpaired) electrons. The number of methoxy groups -OCH3 is 1. The van der Waals surface area contributed by atoms with Gasteiger partial charge in [0, 0.05) is 18.5 Å². The van der Waals surface area contributed by atoms with Crippen LogP contribution >= 0.6 is 27.5 Å². The Morgan fingerprint density at radius 3 is 2.88 bits per heavy atom. The first-order chi connectivity index (χ1) is 11.4. The van der Waals surface area contributed by atoms with Crippen molar-refractivity contribution < 1.29 is 18.7 Å². The van der Waals surface area contributed by atoms with E-state index in [1.165, 1.54) is 26.9 Å². The van der Waals surface area contributed by atoms with Crippen LogP contribution in [0.4, 0.5) is 4.39 Å². The minimum absolute atomic E-state index is 0.0531. The summed E-state index contributed by atoms with van der Waals surface area (Å²) in [7, 11) is 2.60. The largest absolute Gasteiger partial charge is 0.468 e. The predicted molar refractivity (Wildman–Crippen MR) is 90.0 cm³/mol. The summed E-state index contributed by atoms with van der Waals surface area (Å²) >= 11 is 9.11. The van der Waals surface area contributed by atoms with Crippen LogP contribution in [0.2, 0.25) is 5.02 Å². The van der Waals surface area contributed by atoms with Crippen molar-refractivity contribution in [2.24, 2.45) is 0 Å². The first kappa shape index (κ1) is 17.3. The molecular weight excluding hydrogens is 403 g/mol. The number of aromatic nitrogens is 2. The molecule has 6 nitrogen and oxygen atoms in total. The lowest BCUT2D eigenvalue weighted by Gasteiger charge is -2.47. The van der Waals surface area contributed by atoms with E-state index in [-0.39, 0.29) is 28.1 Å². The average Bonchev–Trinajstić information content (AvgIpc) is 2.55. The van der Waals surface area contributed by atoms with Gasteiger partial charge in [0.1, 0.15) is 17.3 Å². The predicted octanol–water partition coefficient (Wildman–Crippen LogP) is 1.72. The fourth-order valence-electron chi connectivity index (χ4n) is 2.90. The van der Waals surface area contributed by atoms with Gasteiger partial charge >= 0.3 is 5.97 Å². The Morgan fingerprint density at radius 2 is 2.25 bits per heavy atom. The number of benzene rings is 1. The Kier molecular flexibility index (Phi) is 4.59. The van der Waals surface area contributed by atoms with E-state index in [0.717, 1.165) is 0 Å². The molecule has 24 heavy (non-hydrogen) atoms. The first-order valence-electron chi connectivity index (χ1n) is 6.84. The van der Waals surface area contributed by atoms with Crippen molar-refractivity contribution in [1.82, 2.24) is 14.8 Å². The Labute approximate surface area is 150 Å². The van der Waals surface area contributed by atoms with Crippen LogP contribution in [0.15, 0.2) is 16.9 Å². The molecule has 2 aromatic rings. The Bertz CT molecular complexity index is 848. The number of carbonyl (C=O) groups is 2. The van der Waals surface area contributed by atoms with Crippen molar-refractivity contribution in [3.63, 3.8) is 0 Å². The quantitative estimate of drug-likeness (QED) is 0.329. The molecule has 1 fully saturated rings. The van der Waals surface area contributed by atoms with Crippen molar-refractivity contribution in [2.75, 3.05) is 20.2 Å². The molecule has 1 aliphatic heterocycles. The summed E-state index contributed by atoms with van der Waals surface area (Å²) in [6.45, 7) is 0.389. The molecule has 0 unspecified atom stereocenters. The van der Waals surface area contributed by atoms with E-state index in [4.69, 9.17) is 16.3 Å². The standard InChI is InChI=1S/C14H10BBrClFN3O3/c1-24-13(23)14(3-21(4-14)15-5-22)12-7-2-8(17)9(16)10(18)11(7)19-6-20-12/h2,5-6H,3-4H2,1H3. The third-order valence-corrected chi connectivity index (χ3v) is 5.31. The molecule has 0 aliphatic carbocycles. The molecule has 0 amide bonds. The fraction of sp³-hybridized carbons (Fsp3) is 0.286. The molecule has 0 atom stereocenters. The number of nitrogens with zero attached hydrogens (tertiary/aromatic N) is 3. The van der Waals surface area contributed by atoms with Gasteiger partial charge in [0.2, 0.25) is 0 Å². The number of rotatable bonds is 4. The van der Waals surface area contributed by atoms with Gasteiger partial charge in [-0.2, -0.15) is 0 Å². The second kappa shape index (κ2) is 6.38. The summed E-state index contributed by atoms with van der Waals surface area (Å²) in [4.78, 5) is 32.8. The smallest absolute Gasteiger partial charge is 0.320 e. The number of hydrogen-bond donors (Lipinski definition) is 0. The van der Waals surface area contributed by atoms with E-state index in [0.29, 0.717) is 17.3 Å². The zero-order valence-electron chi connectivity index (χ0n) is 12.4. The van der Waals surface area contributed by atoms with Gasteiger partial charge in [-0.05, 0) is 22.0 Å². The maximum Gasteiger partial charge on any atom is 0.320 e. The lowest BCUT2D eigenvalue weighted by molar-refractivity contribution is -0.152. The summed E-state index contributed by atoms with van der Waals surface area (Å²) in [5, 5.41) is 0.478. The summed E-state index contributed by atoms with van der Waals surface area (Å²) in [6, 6.07) is 1.51. The van der Waals surface area contributed by atoms with E-state index in [2.05, 4.69) is 25.9 Å². The second-order valence-corrected chi connectivity index (χ2v) is 6.57. The Hall–Kier alpha value is -1.58. The molecule has 1 saturated heterocycles. The van der Waals surface area contributed by atoms with Crippen molar-refractivity contribution in [1.29, 1.82) is 0 Å². The second-order valence-electron chi connectivity index (χ2n) is 5.37. The van der Waals surface area contributed by atoms with E-state index in [9.17, 15) is 14.0 Å². The number of hydrogen-bond acceptors (Lipinski definition) is 6. The summed E-state index contributed by atoms with van der Waals surface area (Å²) in [5.41, 5.74) is -0.737. The van der Waals surface area contributed by atoms with Crippen LogP contribution in [0.1, 0.15) is 5.69 Å². The molecule has 0 spiro atoms. The number of ether oxygens (including phenoxy) is 1. The summed E-state index contributed by atoms with van der Waals surface area (Å²) in [6.07, 6.45) is 1.82. The minimum atomic E-state index is -1.11. The van der Waals surface area contributed by atoms with Gasteiger partial charge in [0.25, 0.3) is 7.41 Å². The highest BCUT2D eigenvalue weighted by atomic mass is 79.9.